The van der Waals surface area contributed by atoms with E-state index in [4.69, 9.17) is 18.9 Å². The molecule has 3 rings (SSSR count). The Balaban J connectivity index is 1.53. The first-order valence-corrected chi connectivity index (χ1v) is 10.0. The number of aliphatic imine (C=N–C) groups is 1. The second-order valence-electron chi connectivity index (χ2n) is 7.17. The zero-order valence-electron chi connectivity index (χ0n) is 16.9. The highest BCUT2D eigenvalue weighted by molar-refractivity contribution is 5.79. The molecular formula is C22H31N3O3. The summed E-state index contributed by atoms with van der Waals surface area (Å²) >= 11 is 0. The van der Waals surface area contributed by atoms with Crippen LogP contribution in [0.15, 0.2) is 46.0 Å². The Morgan fingerprint density at radius 1 is 1.21 bits per heavy atom. The summed E-state index contributed by atoms with van der Waals surface area (Å²) in [5.74, 6) is 3.26. The molecule has 0 radical (unpaired) electrons. The van der Waals surface area contributed by atoms with Crippen molar-refractivity contribution >= 4 is 5.96 Å². The van der Waals surface area contributed by atoms with Gasteiger partial charge in [-0.2, -0.15) is 0 Å². The van der Waals surface area contributed by atoms with E-state index in [-0.39, 0.29) is 0 Å². The monoisotopic (exact) mass is 385 g/mol. The van der Waals surface area contributed by atoms with Gasteiger partial charge in [-0.05, 0) is 43.5 Å². The van der Waals surface area contributed by atoms with Crippen molar-refractivity contribution in [2.45, 2.75) is 26.2 Å². The van der Waals surface area contributed by atoms with E-state index >= 15 is 0 Å². The van der Waals surface area contributed by atoms with Gasteiger partial charge in [0.25, 0.3) is 0 Å². The lowest BCUT2D eigenvalue weighted by atomic mass is 10.1. The van der Waals surface area contributed by atoms with Gasteiger partial charge >= 0.3 is 0 Å². The third kappa shape index (κ3) is 6.30. The molecule has 1 aromatic carbocycles. The summed E-state index contributed by atoms with van der Waals surface area (Å²) in [6, 6.07) is 10.2. The molecule has 1 unspecified atom stereocenters. The smallest absolute Gasteiger partial charge is 0.191 e. The molecule has 28 heavy (non-hydrogen) atoms. The lowest BCUT2D eigenvalue weighted by molar-refractivity contribution is 0.187. The van der Waals surface area contributed by atoms with Gasteiger partial charge in [0, 0.05) is 38.6 Å². The summed E-state index contributed by atoms with van der Waals surface area (Å²) in [4.78, 5) is 4.77. The molecule has 0 amide bonds. The van der Waals surface area contributed by atoms with Crippen LogP contribution >= 0.6 is 0 Å². The molecule has 1 aromatic heterocycles. The number of furan rings is 1. The maximum absolute atomic E-state index is 5.48. The van der Waals surface area contributed by atoms with Crippen LogP contribution in [-0.2, 0) is 17.6 Å². The highest BCUT2D eigenvalue weighted by Crippen LogP contribution is 2.19. The fourth-order valence-electron chi connectivity index (χ4n) is 3.30. The molecule has 2 heterocycles. The fourth-order valence-corrected chi connectivity index (χ4v) is 3.30. The molecule has 2 aromatic rings. The summed E-state index contributed by atoms with van der Waals surface area (Å²) < 4.78 is 16.3. The predicted molar refractivity (Wildman–Crippen MR) is 111 cm³/mol. The first-order valence-electron chi connectivity index (χ1n) is 10.0. The average molecular weight is 386 g/mol. The van der Waals surface area contributed by atoms with Gasteiger partial charge in [0.05, 0.1) is 20.0 Å². The standard InChI is InChI=1S/C22H31N3O3/c1-17-5-6-21(26-2)19(14-17)7-10-23-22(25-15-18-9-13-27-16-18)24-11-8-20-4-3-12-28-20/h3-6,12,14,18H,7-11,13,15-16H2,1-2H3,(H2,23,24,25). The van der Waals surface area contributed by atoms with Crippen molar-refractivity contribution in [1.29, 1.82) is 0 Å². The van der Waals surface area contributed by atoms with Gasteiger partial charge in [-0.3, -0.25) is 4.99 Å². The third-order valence-corrected chi connectivity index (χ3v) is 4.90. The second-order valence-corrected chi connectivity index (χ2v) is 7.17. The normalized spacial score (nSPS) is 16.9. The lowest BCUT2D eigenvalue weighted by Gasteiger charge is -2.15. The van der Waals surface area contributed by atoms with Gasteiger partial charge in [0.15, 0.2) is 5.96 Å². The van der Waals surface area contributed by atoms with E-state index in [1.165, 1.54) is 11.1 Å². The number of nitrogens with zero attached hydrogens (tertiary/aromatic N) is 1. The first kappa shape index (κ1) is 20.3. The topological polar surface area (TPSA) is 68.0 Å². The molecule has 1 aliphatic heterocycles. The molecule has 0 aliphatic carbocycles. The second kappa shape index (κ2) is 10.8. The van der Waals surface area contributed by atoms with E-state index in [0.717, 1.165) is 69.6 Å². The zero-order chi connectivity index (χ0) is 19.6. The molecule has 0 saturated carbocycles. The maximum Gasteiger partial charge on any atom is 0.191 e. The van der Waals surface area contributed by atoms with Crippen LogP contribution in [0.4, 0.5) is 0 Å². The van der Waals surface area contributed by atoms with Crippen molar-refractivity contribution in [1.82, 2.24) is 10.6 Å². The third-order valence-electron chi connectivity index (χ3n) is 4.90. The maximum atomic E-state index is 5.48. The number of hydrogen-bond acceptors (Lipinski definition) is 4. The molecule has 1 saturated heterocycles. The molecule has 1 atom stereocenters. The van der Waals surface area contributed by atoms with Crippen LogP contribution in [-0.4, -0.2) is 45.9 Å². The van der Waals surface area contributed by atoms with E-state index in [1.807, 2.05) is 18.2 Å². The van der Waals surface area contributed by atoms with E-state index < -0.39 is 0 Å². The largest absolute Gasteiger partial charge is 0.496 e. The van der Waals surface area contributed by atoms with E-state index in [1.54, 1.807) is 13.4 Å². The van der Waals surface area contributed by atoms with Crippen molar-refractivity contribution in [3.8, 4) is 5.75 Å². The van der Waals surface area contributed by atoms with Crippen LogP contribution < -0.4 is 15.4 Å². The minimum absolute atomic E-state index is 0.514. The number of benzene rings is 1. The number of guanidine groups is 1. The van der Waals surface area contributed by atoms with Gasteiger partial charge in [0.2, 0.25) is 0 Å². The van der Waals surface area contributed by atoms with Gasteiger partial charge in [-0.15, -0.1) is 0 Å². The van der Waals surface area contributed by atoms with Gasteiger partial charge in [-0.1, -0.05) is 17.7 Å². The quantitative estimate of drug-likeness (QED) is 0.513. The fraction of sp³-hybridized carbons (Fsp3) is 0.500. The molecule has 2 N–H and O–H groups in total. The Hall–Kier alpha value is -2.47. The van der Waals surface area contributed by atoms with Crippen LogP contribution in [0.25, 0.3) is 0 Å². The number of aryl methyl sites for hydroxylation is 1. The van der Waals surface area contributed by atoms with Crippen LogP contribution in [0.1, 0.15) is 23.3 Å². The predicted octanol–water partition coefficient (Wildman–Crippen LogP) is 2.95. The Morgan fingerprint density at radius 3 is 2.79 bits per heavy atom. The highest BCUT2D eigenvalue weighted by Gasteiger charge is 2.15. The Morgan fingerprint density at radius 2 is 2.07 bits per heavy atom. The molecule has 6 nitrogen and oxygen atoms in total. The molecule has 6 heteroatoms. The van der Waals surface area contributed by atoms with Crippen molar-refractivity contribution in [2.75, 3.05) is 40.0 Å². The minimum atomic E-state index is 0.514. The van der Waals surface area contributed by atoms with Crippen LogP contribution in [0.5, 0.6) is 5.75 Å². The number of methoxy groups -OCH3 is 1. The Bertz CT molecular complexity index is 737. The lowest BCUT2D eigenvalue weighted by Crippen LogP contribution is -2.39. The average Bonchev–Trinajstić information content (AvgIpc) is 3.40. The number of hydrogen-bond donors (Lipinski definition) is 2. The zero-order valence-corrected chi connectivity index (χ0v) is 16.9. The number of ether oxygens (including phenoxy) is 2. The van der Waals surface area contributed by atoms with Crippen LogP contribution in [0.3, 0.4) is 0 Å². The summed E-state index contributed by atoms with van der Waals surface area (Å²) in [5, 5.41) is 6.87. The number of nitrogens with one attached hydrogen (secondary N) is 2. The van der Waals surface area contributed by atoms with Crippen molar-refractivity contribution in [3.63, 3.8) is 0 Å². The highest BCUT2D eigenvalue weighted by atomic mass is 16.5. The van der Waals surface area contributed by atoms with Crippen molar-refractivity contribution in [3.05, 3.63) is 53.5 Å². The molecule has 0 bridgehead atoms. The van der Waals surface area contributed by atoms with Crippen molar-refractivity contribution in [2.24, 2.45) is 10.9 Å². The molecule has 1 aliphatic rings. The summed E-state index contributed by atoms with van der Waals surface area (Å²) in [6.45, 7) is 6.10. The summed E-state index contributed by atoms with van der Waals surface area (Å²) in [5.41, 5.74) is 2.44. The summed E-state index contributed by atoms with van der Waals surface area (Å²) in [7, 11) is 1.72. The first-order chi connectivity index (χ1) is 13.7. The van der Waals surface area contributed by atoms with Gasteiger partial charge in [0.1, 0.15) is 11.5 Å². The van der Waals surface area contributed by atoms with E-state index in [2.05, 4.69) is 29.7 Å². The Kier molecular flexibility index (Phi) is 7.79. The van der Waals surface area contributed by atoms with Gasteiger partial charge < -0.3 is 24.5 Å². The molecule has 152 valence electrons. The molecule has 1 fully saturated rings. The van der Waals surface area contributed by atoms with E-state index in [0.29, 0.717) is 5.92 Å². The van der Waals surface area contributed by atoms with Crippen LogP contribution in [0, 0.1) is 12.8 Å². The summed E-state index contributed by atoms with van der Waals surface area (Å²) in [6.07, 6.45) is 4.49. The Labute approximate surface area is 167 Å². The van der Waals surface area contributed by atoms with Crippen molar-refractivity contribution < 1.29 is 13.9 Å². The molecule has 0 spiro atoms. The molecular weight excluding hydrogens is 354 g/mol. The van der Waals surface area contributed by atoms with Gasteiger partial charge in [-0.25, -0.2) is 0 Å². The number of rotatable bonds is 9. The SMILES string of the molecule is COc1ccc(C)cc1CCNC(=NCC1CCOC1)NCCc1ccco1. The minimum Gasteiger partial charge on any atom is -0.496 e. The van der Waals surface area contributed by atoms with Crippen LogP contribution in [0.2, 0.25) is 0 Å². The van der Waals surface area contributed by atoms with E-state index in [9.17, 15) is 0 Å².